The van der Waals surface area contributed by atoms with Crippen LogP contribution in [0.15, 0.2) is 63.3 Å². The van der Waals surface area contributed by atoms with Gasteiger partial charge in [-0.2, -0.15) is 0 Å². The van der Waals surface area contributed by atoms with E-state index >= 15 is 0 Å². The number of hydrogen-bond acceptors (Lipinski definition) is 6. The van der Waals surface area contributed by atoms with Crippen molar-refractivity contribution in [3.05, 3.63) is 54.1 Å². The molecule has 0 saturated carbocycles. The Hall–Kier alpha value is -2.85. The first-order valence-corrected chi connectivity index (χ1v) is 12.7. The van der Waals surface area contributed by atoms with Crippen molar-refractivity contribution < 1.29 is 18.0 Å². The first kappa shape index (κ1) is 23.8. The monoisotopic (exact) mass is 474 g/mol. The number of sulfonamides is 1. The molecule has 2 amide bonds. The third-order valence-electron chi connectivity index (χ3n) is 4.47. The summed E-state index contributed by atoms with van der Waals surface area (Å²) in [6.45, 7) is 4.38. The predicted molar refractivity (Wildman–Crippen MR) is 127 cm³/mol. The number of amidine groups is 1. The van der Waals surface area contributed by atoms with Crippen LogP contribution in [0.1, 0.15) is 37.0 Å². The van der Waals surface area contributed by atoms with Gasteiger partial charge in [0.05, 0.1) is 16.2 Å². The molecule has 0 unspecified atom stereocenters. The zero-order valence-corrected chi connectivity index (χ0v) is 19.6. The molecule has 32 heavy (non-hydrogen) atoms. The smallest absolute Gasteiger partial charge is 0.262 e. The molecule has 0 saturated heterocycles. The molecule has 0 fully saturated rings. The van der Waals surface area contributed by atoms with Gasteiger partial charge in [0.25, 0.3) is 15.9 Å². The fourth-order valence-corrected chi connectivity index (χ4v) is 5.06. The van der Waals surface area contributed by atoms with Gasteiger partial charge < -0.3 is 10.6 Å². The summed E-state index contributed by atoms with van der Waals surface area (Å²) in [5, 5.41) is 5.57. The molecule has 1 aliphatic rings. The van der Waals surface area contributed by atoms with E-state index in [0.717, 1.165) is 6.42 Å². The number of anilines is 1. The van der Waals surface area contributed by atoms with Gasteiger partial charge >= 0.3 is 0 Å². The van der Waals surface area contributed by atoms with E-state index in [1.807, 2.05) is 13.8 Å². The van der Waals surface area contributed by atoms with Gasteiger partial charge in [0.15, 0.2) is 0 Å². The molecule has 2 aromatic rings. The Kier molecular flexibility index (Phi) is 7.92. The molecule has 3 N–H and O–H groups in total. The van der Waals surface area contributed by atoms with Crippen molar-refractivity contribution in [1.29, 1.82) is 0 Å². The molecule has 10 heteroatoms. The minimum atomic E-state index is -3.78. The lowest BCUT2D eigenvalue weighted by Crippen LogP contribution is -2.31. The SMILES string of the molecule is CC(C)NC(=O)CSc1ccccc1C(=O)Nc1cccc(S(=O)(=O)NC2=NCCC2)c1. The van der Waals surface area contributed by atoms with Crippen LogP contribution in [0.3, 0.4) is 0 Å². The number of nitrogens with one attached hydrogen (secondary N) is 3. The van der Waals surface area contributed by atoms with E-state index in [2.05, 4.69) is 20.3 Å². The van der Waals surface area contributed by atoms with Gasteiger partial charge in [-0.1, -0.05) is 18.2 Å². The first-order chi connectivity index (χ1) is 15.2. The maximum atomic E-state index is 12.9. The lowest BCUT2D eigenvalue weighted by atomic mass is 10.2. The summed E-state index contributed by atoms with van der Waals surface area (Å²) in [4.78, 5) is 29.7. The van der Waals surface area contributed by atoms with Gasteiger partial charge in [-0.25, -0.2) is 8.42 Å². The average Bonchev–Trinajstić information content (AvgIpc) is 3.24. The molecule has 170 valence electrons. The molecule has 2 aromatic carbocycles. The molecule has 3 rings (SSSR count). The molecule has 0 bridgehead atoms. The van der Waals surface area contributed by atoms with E-state index in [-0.39, 0.29) is 28.5 Å². The van der Waals surface area contributed by atoms with Crippen LogP contribution in [0.25, 0.3) is 0 Å². The molecule has 0 atom stereocenters. The van der Waals surface area contributed by atoms with Crippen molar-refractivity contribution in [3.63, 3.8) is 0 Å². The fraction of sp³-hybridized carbons (Fsp3) is 0.318. The Balaban J connectivity index is 1.71. The fourth-order valence-electron chi connectivity index (χ4n) is 3.06. The van der Waals surface area contributed by atoms with E-state index in [1.54, 1.807) is 36.4 Å². The van der Waals surface area contributed by atoms with Crippen LogP contribution < -0.4 is 15.4 Å². The van der Waals surface area contributed by atoms with E-state index in [4.69, 9.17) is 0 Å². The second kappa shape index (κ2) is 10.6. The van der Waals surface area contributed by atoms with Crippen molar-refractivity contribution in [2.24, 2.45) is 4.99 Å². The molecular formula is C22H26N4O4S2. The number of thioether (sulfide) groups is 1. The maximum absolute atomic E-state index is 12.9. The molecule has 0 radical (unpaired) electrons. The second-order valence-corrected chi connectivity index (χ2v) is 10.2. The normalized spacial score (nSPS) is 13.5. The number of benzene rings is 2. The molecule has 8 nitrogen and oxygen atoms in total. The molecular weight excluding hydrogens is 448 g/mol. The summed E-state index contributed by atoms with van der Waals surface area (Å²) < 4.78 is 27.8. The van der Waals surface area contributed by atoms with Gasteiger partial charge in [-0.15, -0.1) is 11.8 Å². The van der Waals surface area contributed by atoms with Crippen molar-refractivity contribution in [3.8, 4) is 0 Å². The van der Waals surface area contributed by atoms with E-state index < -0.39 is 10.0 Å². The van der Waals surface area contributed by atoms with Gasteiger partial charge in [-0.05, 0) is 50.6 Å². The summed E-state index contributed by atoms with van der Waals surface area (Å²) in [6.07, 6.45) is 1.42. The molecule has 0 aromatic heterocycles. The molecule has 1 heterocycles. The van der Waals surface area contributed by atoms with Crippen molar-refractivity contribution >= 4 is 45.1 Å². The quantitative estimate of drug-likeness (QED) is 0.509. The van der Waals surface area contributed by atoms with Gasteiger partial charge in [0.2, 0.25) is 5.91 Å². The average molecular weight is 475 g/mol. The second-order valence-electron chi connectivity index (χ2n) is 7.53. The topological polar surface area (TPSA) is 117 Å². The van der Waals surface area contributed by atoms with Gasteiger partial charge in [0, 0.05) is 29.6 Å². The van der Waals surface area contributed by atoms with Crippen LogP contribution in [0.2, 0.25) is 0 Å². The lowest BCUT2D eigenvalue weighted by molar-refractivity contribution is -0.119. The van der Waals surface area contributed by atoms with E-state index in [0.29, 0.717) is 34.9 Å². The van der Waals surface area contributed by atoms with E-state index in [1.165, 1.54) is 23.9 Å². The lowest BCUT2D eigenvalue weighted by Gasteiger charge is -2.12. The molecule has 0 spiro atoms. The highest BCUT2D eigenvalue weighted by Gasteiger charge is 2.19. The maximum Gasteiger partial charge on any atom is 0.262 e. The van der Waals surface area contributed by atoms with Crippen molar-refractivity contribution in [1.82, 2.24) is 10.0 Å². The van der Waals surface area contributed by atoms with Crippen molar-refractivity contribution in [2.45, 2.75) is 42.5 Å². The third-order valence-corrected chi connectivity index (χ3v) is 6.92. The number of amides is 2. The summed E-state index contributed by atoms with van der Waals surface area (Å²) in [6, 6.07) is 13.1. The largest absolute Gasteiger partial charge is 0.353 e. The van der Waals surface area contributed by atoms with Crippen molar-refractivity contribution in [2.75, 3.05) is 17.6 Å². The Labute approximate surface area is 192 Å². The third kappa shape index (κ3) is 6.57. The highest BCUT2D eigenvalue weighted by Crippen LogP contribution is 2.24. The van der Waals surface area contributed by atoms with Crippen LogP contribution >= 0.6 is 11.8 Å². The Morgan fingerprint density at radius 2 is 1.91 bits per heavy atom. The van der Waals surface area contributed by atoms with Crippen LogP contribution in [-0.2, 0) is 14.8 Å². The zero-order chi connectivity index (χ0) is 23.1. The Morgan fingerprint density at radius 1 is 1.12 bits per heavy atom. The number of rotatable bonds is 8. The number of aliphatic imine (C=N–C) groups is 1. The van der Waals surface area contributed by atoms with Gasteiger partial charge in [-0.3, -0.25) is 19.3 Å². The standard InChI is InChI=1S/C22H26N4O4S2/c1-15(2)24-21(27)14-31-19-10-4-3-9-18(19)22(28)25-16-7-5-8-17(13-16)32(29,30)26-20-11-6-12-23-20/h3-5,7-10,13,15H,6,11-12,14H2,1-2H3,(H,23,26)(H,24,27)(H,25,28). The predicted octanol–water partition coefficient (Wildman–Crippen LogP) is 3.03. The number of nitrogens with zero attached hydrogens (tertiary/aromatic N) is 1. The zero-order valence-electron chi connectivity index (χ0n) is 17.9. The summed E-state index contributed by atoms with van der Waals surface area (Å²) >= 11 is 1.27. The van der Waals surface area contributed by atoms with Crippen LogP contribution in [0.5, 0.6) is 0 Å². The van der Waals surface area contributed by atoms with Crippen LogP contribution in [0, 0.1) is 0 Å². The number of carbonyl (C=O) groups excluding carboxylic acids is 2. The van der Waals surface area contributed by atoms with Gasteiger partial charge in [0.1, 0.15) is 5.84 Å². The molecule has 1 aliphatic heterocycles. The first-order valence-electron chi connectivity index (χ1n) is 10.2. The summed E-state index contributed by atoms with van der Waals surface area (Å²) in [7, 11) is -3.78. The van der Waals surface area contributed by atoms with Crippen LogP contribution in [0.4, 0.5) is 5.69 Å². The molecule has 0 aliphatic carbocycles. The summed E-state index contributed by atoms with van der Waals surface area (Å²) in [5.41, 5.74) is 0.755. The van der Waals surface area contributed by atoms with E-state index in [9.17, 15) is 18.0 Å². The highest BCUT2D eigenvalue weighted by atomic mass is 32.2. The number of carbonyl (C=O) groups is 2. The highest BCUT2D eigenvalue weighted by molar-refractivity contribution is 8.00. The number of hydrogen-bond donors (Lipinski definition) is 3. The Bertz CT molecular complexity index is 1130. The minimum absolute atomic E-state index is 0.0397. The summed E-state index contributed by atoms with van der Waals surface area (Å²) in [5.74, 6) is 0.135. The Morgan fingerprint density at radius 3 is 2.62 bits per heavy atom. The van der Waals surface area contributed by atoms with Crippen LogP contribution in [-0.4, -0.2) is 44.4 Å². The minimum Gasteiger partial charge on any atom is -0.353 e.